The van der Waals surface area contributed by atoms with Gasteiger partial charge in [-0.15, -0.1) is 0 Å². The quantitative estimate of drug-likeness (QED) is 0.883. The minimum Gasteiger partial charge on any atom is -0.481 e. The summed E-state index contributed by atoms with van der Waals surface area (Å²) in [6.45, 7) is 2.23. The monoisotopic (exact) mass is 287 g/mol. The van der Waals surface area contributed by atoms with Crippen LogP contribution in [0.5, 0.6) is 0 Å². The highest BCUT2D eigenvalue weighted by molar-refractivity contribution is 6.06. The van der Waals surface area contributed by atoms with Gasteiger partial charge in [0, 0.05) is 30.4 Å². The molecule has 21 heavy (non-hydrogen) atoms. The number of fused-ring (bicyclic) bond motifs is 1. The van der Waals surface area contributed by atoms with Gasteiger partial charge in [0.15, 0.2) is 0 Å². The highest BCUT2D eigenvalue weighted by atomic mass is 16.4. The van der Waals surface area contributed by atoms with Gasteiger partial charge in [-0.2, -0.15) is 0 Å². The number of likely N-dealkylation sites (tertiary alicyclic amines) is 1. The van der Waals surface area contributed by atoms with Crippen molar-refractivity contribution >= 4 is 22.9 Å². The molecule has 0 bridgehead atoms. The van der Waals surface area contributed by atoms with Crippen LogP contribution in [-0.4, -0.2) is 44.4 Å². The van der Waals surface area contributed by atoms with Gasteiger partial charge in [0.2, 0.25) is 0 Å². The average Bonchev–Trinajstić information content (AvgIpc) is 2.90. The van der Waals surface area contributed by atoms with E-state index in [0.717, 1.165) is 5.39 Å². The Morgan fingerprint density at radius 2 is 2.24 bits per heavy atom. The van der Waals surface area contributed by atoms with Gasteiger partial charge < -0.3 is 15.0 Å². The van der Waals surface area contributed by atoms with E-state index in [1.807, 2.05) is 13.0 Å². The van der Waals surface area contributed by atoms with Crippen LogP contribution in [0.2, 0.25) is 0 Å². The van der Waals surface area contributed by atoms with Crippen LogP contribution in [0.15, 0.2) is 24.5 Å². The number of carboxylic acids is 1. The number of hydrogen-bond acceptors (Lipinski definition) is 3. The van der Waals surface area contributed by atoms with Crippen molar-refractivity contribution in [3.05, 3.63) is 30.1 Å². The van der Waals surface area contributed by atoms with Crippen LogP contribution in [-0.2, 0) is 4.79 Å². The normalized spacial score (nSPS) is 22.4. The van der Waals surface area contributed by atoms with Crippen LogP contribution in [0.3, 0.4) is 0 Å². The van der Waals surface area contributed by atoms with Crippen molar-refractivity contribution in [2.24, 2.45) is 5.92 Å². The van der Waals surface area contributed by atoms with Crippen molar-refractivity contribution in [1.82, 2.24) is 14.9 Å². The molecule has 0 spiro atoms. The minimum atomic E-state index is -0.833. The van der Waals surface area contributed by atoms with Crippen molar-refractivity contribution in [1.29, 1.82) is 0 Å². The number of piperidine rings is 1. The zero-order valence-corrected chi connectivity index (χ0v) is 11.7. The number of aromatic nitrogens is 2. The third kappa shape index (κ3) is 2.37. The predicted molar refractivity (Wildman–Crippen MR) is 77.0 cm³/mol. The zero-order valence-electron chi connectivity index (χ0n) is 11.7. The molecule has 0 aromatic carbocycles. The number of rotatable bonds is 2. The summed E-state index contributed by atoms with van der Waals surface area (Å²) in [4.78, 5) is 32.7. The van der Waals surface area contributed by atoms with Crippen LogP contribution in [0.4, 0.5) is 0 Å². The van der Waals surface area contributed by atoms with Gasteiger partial charge >= 0.3 is 5.97 Å². The van der Waals surface area contributed by atoms with E-state index in [0.29, 0.717) is 24.1 Å². The van der Waals surface area contributed by atoms with E-state index in [1.165, 1.54) is 0 Å². The van der Waals surface area contributed by atoms with Crippen LogP contribution in [0.25, 0.3) is 11.0 Å². The number of H-pyrrole nitrogens is 1. The molecule has 110 valence electrons. The summed E-state index contributed by atoms with van der Waals surface area (Å²) in [5.41, 5.74) is 1.22. The summed E-state index contributed by atoms with van der Waals surface area (Å²) in [6, 6.07) is 3.68. The van der Waals surface area contributed by atoms with E-state index in [9.17, 15) is 14.7 Å². The molecule has 1 fully saturated rings. The first-order valence-corrected chi connectivity index (χ1v) is 7.04. The molecule has 2 aromatic heterocycles. The number of aromatic amines is 1. The van der Waals surface area contributed by atoms with Gasteiger partial charge in [0.25, 0.3) is 5.91 Å². The molecule has 1 aliphatic rings. The molecule has 6 nitrogen and oxygen atoms in total. The van der Waals surface area contributed by atoms with Crippen molar-refractivity contribution in [3.63, 3.8) is 0 Å². The molecule has 3 heterocycles. The maximum absolute atomic E-state index is 12.7. The number of nitrogens with one attached hydrogen (secondary N) is 1. The minimum absolute atomic E-state index is 0.0507. The molecule has 2 N–H and O–H groups in total. The van der Waals surface area contributed by atoms with Crippen molar-refractivity contribution < 1.29 is 14.7 Å². The molecule has 2 unspecified atom stereocenters. The summed E-state index contributed by atoms with van der Waals surface area (Å²) in [5, 5.41) is 9.94. The number of carboxylic acid groups (broad SMARTS) is 1. The number of pyridine rings is 1. The topological polar surface area (TPSA) is 86.3 Å². The lowest BCUT2D eigenvalue weighted by atomic mass is 9.93. The smallest absolute Gasteiger partial charge is 0.308 e. The molecule has 1 amide bonds. The summed E-state index contributed by atoms with van der Waals surface area (Å²) in [6.07, 6.45) is 4.65. The summed E-state index contributed by atoms with van der Waals surface area (Å²) >= 11 is 0. The molecule has 2 aromatic rings. The molecule has 0 aliphatic carbocycles. The third-order valence-electron chi connectivity index (χ3n) is 4.17. The molecule has 1 saturated heterocycles. The van der Waals surface area contributed by atoms with Crippen LogP contribution in [0.1, 0.15) is 30.1 Å². The number of amides is 1. The zero-order chi connectivity index (χ0) is 15.0. The largest absolute Gasteiger partial charge is 0.481 e. The molecule has 6 heteroatoms. The fourth-order valence-corrected chi connectivity index (χ4v) is 2.88. The Bertz CT molecular complexity index is 694. The molecule has 3 rings (SSSR count). The first kappa shape index (κ1) is 13.6. The van der Waals surface area contributed by atoms with Crippen molar-refractivity contribution in [2.45, 2.75) is 25.8 Å². The van der Waals surface area contributed by atoms with Gasteiger partial charge in [-0.25, -0.2) is 4.98 Å². The van der Waals surface area contributed by atoms with Crippen LogP contribution in [0, 0.1) is 5.92 Å². The van der Waals surface area contributed by atoms with E-state index in [-0.39, 0.29) is 18.5 Å². The fourth-order valence-electron chi connectivity index (χ4n) is 2.88. The fraction of sp³-hybridized carbons (Fsp3) is 0.400. The maximum Gasteiger partial charge on any atom is 0.308 e. The molecule has 0 saturated carbocycles. The Morgan fingerprint density at radius 1 is 1.43 bits per heavy atom. The summed E-state index contributed by atoms with van der Waals surface area (Å²) < 4.78 is 0. The Balaban J connectivity index is 1.91. The molecule has 2 atom stereocenters. The number of aliphatic carboxylic acids is 1. The number of hydrogen-bond donors (Lipinski definition) is 2. The van der Waals surface area contributed by atoms with Crippen LogP contribution < -0.4 is 0 Å². The number of nitrogens with zero attached hydrogens (tertiary/aromatic N) is 2. The van der Waals surface area contributed by atoms with E-state index >= 15 is 0 Å². The predicted octanol–water partition coefficient (Wildman–Crippen LogP) is 1.89. The summed E-state index contributed by atoms with van der Waals surface area (Å²) in [7, 11) is 0. The van der Waals surface area contributed by atoms with E-state index < -0.39 is 11.9 Å². The van der Waals surface area contributed by atoms with Gasteiger partial charge in [-0.3, -0.25) is 9.59 Å². The molecule has 0 radical (unpaired) electrons. The average molecular weight is 287 g/mol. The third-order valence-corrected chi connectivity index (χ3v) is 4.17. The second kappa shape index (κ2) is 5.20. The second-order valence-corrected chi connectivity index (χ2v) is 5.52. The Kier molecular flexibility index (Phi) is 3.37. The number of carbonyl (C=O) groups is 2. The lowest BCUT2D eigenvalue weighted by Crippen LogP contribution is -2.47. The van der Waals surface area contributed by atoms with E-state index in [4.69, 9.17) is 0 Å². The SMILES string of the molecule is CC1CCC(C(=O)O)CN1C(=O)c1c[nH]c2ncccc12. The Morgan fingerprint density at radius 3 is 3.00 bits per heavy atom. The first-order valence-electron chi connectivity index (χ1n) is 7.04. The lowest BCUT2D eigenvalue weighted by molar-refractivity contribution is -0.143. The lowest BCUT2D eigenvalue weighted by Gasteiger charge is -2.36. The Hall–Kier alpha value is -2.37. The molecular formula is C15H17N3O3. The van der Waals surface area contributed by atoms with E-state index in [1.54, 1.807) is 23.4 Å². The molecular weight excluding hydrogens is 270 g/mol. The maximum atomic E-state index is 12.7. The van der Waals surface area contributed by atoms with Crippen molar-refractivity contribution in [3.8, 4) is 0 Å². The highest BCUT2D eigenvalue weighted by Gasteiger charge is 2.33. The van der Waals surface area contributed by atoms with Gasteiger partial charge in [0.05, 0.1) is 11.5 Å². The van der Waals surface area contributed by atoms with Crippen molar-refractivity contribution in [2.75, 3.05) is 6.54 Å². The Labute approximate surface area is 121 Å². The summed E-state index contributed by atoms with van der Waals surface area (Å²) in [5.74, 6) is -1.44. The van der Waals surface area contributed by atoms with Gasteiger partial charge in [0.1, 0.15) is 5.65 Å². The van der Waals surface area contributed by atoms with Gasteiger partial charge in [-0.05, 0) is 31.9 Å². The first-order chi connectivity index (χ1) is 10.1. The van der Waals surface area contributed by atoms with Gasteiger partial charge in [-0.1, -0.05) is 0 Å². The molecule has 1 aliphatic heterocycles. The van der Waals surface area contributed by atoms with E-state index in [2.05, 4.69) is 9.97 Å². The second-order valence-electron chi connectivity index (χ2n) is 5.52. The van der Waals surface area contributed by atoms with Crippen LogP contribution >= 0.6 is 0 Å². The highest BCUT2D eigenvalue weighted by Crippen LogP contribution is 2.26. The standard InChI is InChI=1S/C15H17N3O3/c1-9-4-5-10(15(20)21)8-18(9)14(19)12-7-17-13-11(12)3-2-6-16-13/h2-3,6-7,9-10H,4-5,8H2,1H3,(H,16,17)(H,20,21). The number of carbonyl (C=O) groups excluding carboxylic acids is 1.